The Balaban J connectivity index is 0.000000240. The zero-order valence-electron chi connectivity index (χ0n) is 15.0. The van der Waals surface area contributed by atoms with Crippen LogP contribution in [0.25, 0.3) is 10.8 Å². The van der Waals surface area contributed by atoms with Crippen molar-refractivity contribution in [3.05, 3.63) is 48.0 Å². The monoisotopic (exact) mass is 365 g/mol. The number of ether oxygens (including phenoxy) is 1. The van der Waals surface area contributed by atoms with E-state index in [1.54, 1.807) is 0 Å². The first-order chi connectivity index (χ1) is 11.7. The Bertz CT molecular complexity index is 651. The van der Waals surface area contributed by atoms with Crippen molar-refractivity contribution >= 4 is 29.1 Å². The number of carboxylic acid groups (broad SMARTS) is 1. The topological polar surface area (TPSA) is 49.8 Å². The minimum absolute atomic E-state index is 0. The Morgan fingerprint density at radius 2 is 1.76 bits per heavy atom. The van der Waals surface area contributed by atoms with Gasteiger partial charge in [-0.3, -0.25) is 9.69 Å². The zero-order valence-corrected chi connectivity index (χ0v) is 15.8. The third kappa shape index (κ3) is 5.99. The highest BCUT2D eigenvalue weighted by molar-refractivity contribution is 5.85. The molecule has 1 atom stereocenters. The Hall–Kier alpha value is -1.62. The molecule has 4 nitrogen and oxygen atoms in total. The van der Waals surface area contributed by atoms with Crippen molar-refractivity contribution in [2.45, 2.75) is 32.7 Å². The number of benzene rings is 2. The summed E-state index contributed by atoms with van der Waals surface area (Å²) in [5, 5.41) is 11.6. The molecule has 1 N–H and O–H groups in total. The fourth-order valence-electron chi connectivity index (χ4n) is 3.08. The first-order valence-corrected chi connectivity index (χ1v) is 8.68. The molecule has 2 aromatic rings. The van der Waals surface area contributed by atoms with Crippen LogP contribution in [0.2, 0.25) is 0 Å². The van der Waals surface area contributed by atoms with Gasteiger partial charge in [0, 0.05) is 13.1 Å². The number of carboxylic acids is 1. The maximum Gasteiger partial charge on any atom is 0.320 e. The van der Waals surface area contributed by atoms with Crippen LogP contribution in [0.1, 0.15) is 25.8 Å². The van der Waals surface area contributed by atoms with Gasteiger partial charge in [0.2, 0.25) is 0 Å². The van der Waals surface area contributed by atoms with E-state index >= 15 is 0 Å². The van der Waals surface area contributed by atoms with Crippen LogP contribution in [-0.2, 0) is 16.0 Å². The predicted molar refractivity (Wildman–Crippen MR) is 105 cm³/mol. The highest BCUT2D eigenvalue weighted by Crippen LogP contribution is 2.18. The molecule has 25 heavy (non-hydrogen) atoms. The van der Waals surface area contributed by atoms with Crippen LogP contribution in [0.15, 0.2) is 42.5 Å². The molecule has 0 aromatic heterocycles. The molecule has 1 unspecified atom stereocenters. The normalized spacial score (nSPS) is 15.6. The van der Waals surface area contributed by atoms with Gasteiger partial charge in [0.15, 0.2) is 0 Å². The summed E-state index contributed by atoms with van der Waals surface area (Å²) in [6.07, 6.45) is 1.77. The highest BCUT2D eigenvalue weighted by Gasteiger charge is 2.24. The van der Waals surface area contributed by atoms with Gasteiger partial charge in [0.25, 0.3) is 0 Å². The van der Waals surface area contributed by atoms with Gasteiger partial charge in [-0.1, -0.05) is 56.3 Å². The lowest BCUT2D eigenvalue weighted by molar-refractivity contribution is -0.145. The first-order valence-electron chi connectivity index (χ1n) is 8.68. The smallest absolute Gasteiger partial charge is 0.320 e. The fourth-order valence-corrected chi connectivity index (χ4v) is 3.08. The summed E-state index contributed by atoms with van der Waals surface area (Å²) < 4.78 is 5.14. The van der Waals surface area contributed by atoms with Gasteiger partial charge >= 0.3 is 5.97 Å². The molecule has 0 spiro atoms. The van der Waals surface area contributed by atoms with Gasteiger partial charge in [0.1, 0.15) is 6.04 Å². The van der Waals surface area contributed by atoms with E-state index in [2.05, 4.69) is 49.4 Å². The Kier molecular flexibility index (Phi) is 9.50. The van der Waals surface area contributed by atoms with E-state index in [-0.39, 0.29) is 18.4 Å². The second kappa shape index (κ2) is 11.1. The van der Waals surface area contributed by atoms with E-state index in [0.29, 0.717) is 19.6 Å². The number of carbonyl (C=O) groups is 1. The summed E-state index contributed by atoms with van der Waals surface area (Å²) in [6.45, 7) is 6.89. The van der Waals surface area contributed by atoms with Crippen LogP contribution >= 0.6 is 12.4 Å². The lowest BCUT2D eigenvalue weighted by Gasteiger charge is -2.31. The summed E-state index contributed by atoms with van der Waals surface area (Å²) in [4.78, 5) is 12.7. The lowest BCUT2D eigenvalue weighted by Crippen LogP contribution is -2.47. The fraction of sp³-hybridized carbons (Fsp3) is 0.450. The SMILES string of the molecule is CCC(C(=O)O)N1CCOCC1.CCc1cccc2ccccc12.Cl. The third-order valence-corrected chi connectivity index (χ3v) is 4.42. The minimum Gasteiger partial charge on any atom is -0.480 e. The van der Waals surface area contributed by atoms with Crippen molar-refractivity contribution in [3.63, 3.8) is 0 Å². The molecule has 1 saturated heterocycles. The maximum absolute atomic E-state index is 10.7. The lowest BCUT2D eigenvalue weighted by atomic mass is 10.0. The molecule has 1 fully saturated rings. The number of morpholine rings is 1. The Morgan fingerprint density at radius 3 is 2.36 bits per heavy atom. The van der Waals surface area contributed by atoms with Crippen molar-refractivity contribution in [1.82, 2.24) is 4.90 Å². The van der Waals surface area contributed by atoms with Crippen molar-refractivity contribution in [2.75, 3.05) is 26.3 Å². The second-order valence-electron chi connectivity index (χ2n) is 5.90. The second-order valence-corrected chi connectivity index (χ2v) is 5.90. The largest absolute Gasteiger partial charge is 0.480 e. The average Bonchev–Trinajstić information content (AvgIpc) is 2.63. The summed E-state index contributed by atoms with van der Waals surface area (Å²) in [5.41, 5.74) is 1.44. The van der Waals surface area contributed by atoms with Gasteiger partial charge in [-0.15, -0.1) is 12.4 Å². The van der Waals surface area contributed by atoms with Crippen LogP contribution in [0, 0.1) is 0 Å². The van der Waals surface area contributed by atoms with Gasteiger partial charge in [-0.25, -0.2) is 0 Å². The van der Waals surface area contributed by atoms with Crippen LogP contribution < -0.4 is 0 Å². The summed E-state index contributed by atoms with van der Waals surface area (Å²) >= 11 is 0. The van der Waals surface area contributed by atoms with E-state index in [1.807, 2.05) is 11.8 Å². The summed E-state index contributed by atoms with van der Waals surface area (Å²) in [6, 6.07) is 14.7. The number of halogens is 1. The minimum atomic E-state index is -0.723. The molecule has 2 aromatic carbocycles. The van der Waals surface area contributed by atoms with E-state index in [4.69, 9.17) is 9.84 Å². The van der Waals surface area contributed by atoms with Crippen LogP contribution in [-0.4, -0.2) is 48.3 Å². The average molecular weight is 366 g/mol. The number of fused-ring (bicyclic) bond motifs is 1. The number of hydrogen-bond acceptors (Lipinski definition) is 3. The molecule has 1 aliphatic heterocycles. The van der Waals surface area contributed by atoms with Crippen LogP contribution in [0.3, 0.4) is 0 Å². The maximum atomic E-state index is 10.7. The molecule has 1 heterocycles. The number of rotatable bonds is 4. The summed E-state index contributed by atoms with van der Waals surface area (Å²) in [5.74, 6) is -0.723. The van der Waals surface area contributed by atoms with Crippen molar-refractivity contribution in [3.8, 4) is 0 Å². The molecule has 0 amide bonds. The van der Waals surface area contributed by atoms with Crippen LogP contribution in [0.4, 0.5) is 0 Å². The molecule has 5 heteroatoms. The standard InChI is InChI=1S/C12H12.C8H15NO3.ClH/c1-2-10-7-5-8-11-6-3-4-9-12(10)11;1-2-7(8(10)11)9-3-5-12-6-4-9;/h3-9H,2H2,1H3;7H,2-6H2,1H3,(H,10,11);1H. The van der Waals surface area contributed by atoms with Gasteiger partial charge in [0.05, 0.1) is 13.2 Å². The van der Waals surface area contributed by atoms with Crippen LogP contribution in [0.5, 0.6) is 0 Å². The number of hydrogen-bond donors (Lipinski definition) is 1. The van der Waals surface area contributed by atoms with E-state index in [9.17, 15) is 4.79 Å². The van der Waals surface area contributed by atoms with E-state index < -0.39 is 5.97 Å². The molecule has 1 aliphatic rings. The van der Waals surface area contributed by atoms with Crippen molar-refractivity contribution < 1.29 is 14.6 Å². The summed E-state index contributed by atoms with van der Waals surface area (Å²) in [7, 11) is 0. The Labute approximate surface area is 156 Å². The quantitative estimate of drug-likeness (QED) is 0.889. The molecular weight excluding hydrogens is 338 g/mol. The third-order valence-electron chi connectivity index (χ3n) is 4.42. The highest BCUT2D eigenvalue weighted by atomic mass is 35.5. The van der Waals surface area contributed by atoms with Gasteiger partial charge < -0.3 is 9.84 Å². The van der Waals surface area contributed by atoms with E-state index in [1.165, 1.54) is 16.3 Å². The molecule has 0 radical (unpaired) electrons. The molecule has 0 saturated carbocycles. The number of aryl methyl sites for hydroxylation is 1. The first kappa shape index (κ1) is 21.4. The van der Waals surface area contributed by atoms with Gasteiger partial charge in [-0.05, 0) is 29.2 Å². The molecule has 138 valence electrons. The molecule has 0 aliphatic carbocycles. The van der Waals surface area contributed by atoms with Gasteiger partial charge in [-0.2, -0.15) is 0 Å². The molecular formula is C20H28ClNO3. The molecule has 0 bridgehead atoms. The van der Waals surface area contributed by atoms with E-state index in [0.717, 1.165) is 19.5 Å². The predicted octanol–water partition coefficient (Wildman–Crippen LogP) is 4.01. The van der Waals surface area contributed by atoms with Crippen molar-refractivity contribution in [2.24, 2.45) is 0 Å². The van der Waals surface area contributed by atoms with Crippen molar-refractivity contribution in [1.29, 1.82) is 0 Å². The zero-order chi connectivity index (χ0) is 17.4. The Morgan fingerprint density at radius 1 is 1.12 bits per heavy atom. The number of aliphatic carboxylic acids is 1. The molecule has 3 rings (SSSR count). The number of nitrogens with zero attached hydrogens (tertiary/aromatic N) is 1.